The Kier molecular flexibility index (Phi) is 5.88. The molecular formula is C17H24N2O. The van der Waals surface area contributed by atoms with E-state index in [0.29, 0.717) is 12.2 Å². The average molecular weight is 272 g/mol. The quantitative estimate of drug-likeness (QED) is 0.768. The molecule has 0 saturated heterocycles. The van der Waals surface area contributed by atoms with Crippen molar-refractivity contribution in [1.29, 1.82) is 5.26 Å². The summed E-state index contributed by atoms with van der Waals surface area (Å²) < 4.78 is 5.75. The van der Waals surface area contributed by atoms with Crippen LogP contribution < -0.4 is 4.74 Å². The minimum atomic E-state index is 0.674. The lowest BCUT2D eigenvalue weighted by molar-refractivity contribution is 0.178. The molecule has 0 N–H and O–H groups in total. The monoisotopic (exact) mass is 272 g/mol. The molecule has 1 aliphatic rings. The summed E-state index contributed by atoms with van der Waals surface area (Å²) in [5.41, 5.74) is 0.674. The molecule has 1 saturated carbocycles. The van der Waals surface area contributed by atoms with Gasteiger partial charge in [-0.05, 0) is 44.2 Å². The highest BCUT2D eigenvalue weighted by Gasteiger charge is 2.16. The molecule has 2 rings (SSSR count). The van der Waals surface area contributed by atoms with Crippen molar-refractivity contribution in [2.75, 3.05) is 20.2 Å². The smallest absolute Gasteiger partial charge is 0.119 e. The molecule has 1 aromatic rings. The van der Waals surface area contributed by atoms with Crippen LogP contribution in [-0.4, -0.2) is 31.1 Å². The van der Waals surface area contributed by atoms with Gasteiger partial charge in [0.15, 0.2) is 0 Å². The third-order valence-electron chi connectivity index (χ3n) is 4.14. The number of hydrogen-bond acceptors (Lipinski definition) is 3. The van der Waals surface area contributed by atoms with Crippen LogP contribution in [0.1, 0.15) is 44.1 Å². The topological polar surface area (TPSA) is 36.3 Å². The average Bonchev–Trinajstić information content (AvgIpc) is 2.77. The second-order valence-corrected chi connectivity index (χ2v) is 5.61. The van der Waals surface area contributed by atoms with Gasteiger partial charge < -0.3 is 9.64 Å². The predicted octanol–water partition coefficient (Wildman–Crippen LogP) is 3.59. The Labute approximate surface area is 122 Å². The lowest BCUT2D eigenvalue weighted by atomic mass is 10.1. The highest BCUT2D eigenvalue weighted by Crippen LogP contribution is 2.21. The van der Waals surface area contributed by atoms with Crippen LogP contribution in [0, 0.1) is 11.3 Å². The van der Waals surface area contributed by atoms with Gasteiger partial charge in [-0.25, -0.2) is 0 Å². The van der Waals surface area contributed by atoms with Crippen molar-refractivity contribution in [3.05, 3.63) is 29.8 Å². The first-order valence-corrected chi connectivity index (χ1v) is 7.63. The fourth-order valence-electron chi connectivity index (χ4n) is 2.81. The first-order chi connectivity index (χ1) is 9.79. The van der Waals surface area contributed by atoms with Crippen LogP contribution in [0.2, 0.25) is 0 Å². The van der Waals surface area contributed by atoms with Crippen molar-refractivity contribution in [2.24, 2.45) is 0 Å². The van der Waals surface area contributed by atoms with Crippen molar-refractivity contribution >= 4 is 0 Å². The van der Waals surface area contributed by atoms with E-state index in [-0.39, 0.29) is 0 Å². The SMILES string of the molecule is CN(CCOc1ccc(C#N)cc1)C1CCCCCC1. The van der Waals surface area contributed by atoms with Gasteiger partial charge in [0.2, 0.25) is 0 Å². The molecule has 1 aromatic carbocycles. The molecule has 0 aliphatic heterocycles. The van der Waals surface area contributed by atoms with E-state index in [0.717, 1.165) is 18.3 Å². The van der Waals surface area contributed by atoms with E-state index >= 15 is 0 Å². The Morgan fingerprint density at radius 3 is 2.40 bits per heavy atom. The standard InChI is InChI=1S/C17H24N2O/c1-19(16-6-4-2-3-5-7-16)12-13-20-17-10-8-15(14-18)9-11-17/h8-11,16H,2-7,12-13H2,1H3. The predicted molar refractivity (Wildman–Crippen MR) is 80.8 cm³/mol. The Hall–Kier alpha value is -1.53. The molecule has 108 valence electrons. The zero-order chi connectivity index (χ0) is 14.2. The number of benzene rings is 1. The maximum atomic E-state index is 8.75. The molecule has 0 bridgehead atoms. The van der Waals surface area contributed by atoms with E-state index in [4.69, 9.17) is 10.00 Å². The lowest BCUT2D eigenvalue weighted by Gasteiger charge is -2.26. The summed E-state index contributed by atoms with van der Waals surface area (Å²) in [6.07, 6.45) is 8.18. The molecule has 20 heavy (non-hydrogen) atoms. The Morgan fingerprint density at radius 1 is 1.15 bits per heavy atom. The zero-order valence-corrected chi connectivity index (χ0v) is 12.3. The Morgan fingerprint density at radius 2 is 1.80 bits per heavy atom. The maximum Gasteiger partial charge on any atom is 0.119 e. The van der Waals surface area contributed by atoms with Crippen LogP contribution >= 0.6 is 0 Å². The van der Waals surface area contributed by atoms with E-state index in [1.165, 1.54) is 38.5 Å². The summed E-state index contributed by atoms with van der Waals surface area (Å²) in [5.74, 6) is 0.846. The van der Waals surface area contributed by atoms with Crippen molar-refractivity contribution in [3.63, 3.8) is 0 Å². The largest absolute Gasteiger partial charge is 0.492 e. The van der Waals surface area contributed by atoms with Gasteiger partial charge in [0.25, 0.3) is 0 Å². The van der Waals surface area contributed by atoms with E-state index in [1.807, 2.05) is 12.1 Å². The summed E-state index contributed by atoms with van der Waals surface area (Å²) in [6, 6.07) is 10.2. The molecule has 0 aromatic heterocycles. The lowest BCUT2D eigenvalue weighted by Crippen LogP contribution is -2.34. The highest BCUT2D eigenvalue weighted by atomic mass is 16.5. The third-order valence-corrected chi connectivity index (χ3v) is 4.14. The molecule has 3 nitrogen and oxygen atoms in total. The van der Waals surface area contributed by atoms with Crippen molar-refractivity contribution in [3.8, 4) is 11.8 Å². The number of rotatable bonds is 5. The minimum absolute atomic E-state index is 0.674. The molecule has 0 unspecified atom stereocenters. The molecule has 0 amide bonds. The van der Waals surface area contributed by atoms with Gasteiger partial charge in [-0.3, -0.25) is 0 Å². The second-order valence-electron chi connectivity index (χ2n) is 5.61. The van der Waals surface area contributed by atoms with Crippen LogP contribution in [0.4, 0.5) is 0 Å². The Balaban J connectivity index is 1.72. The van der Waals surface area contributed by atoms with Crippen LogP contribution in [0.15, 0.2) is 24.3 Å². The summed E-state index contributed by atoms with van der Waals surface area (Å²) >= 11 is 0. The van der Waals surface area contributed by atoms with E-state index < -0.39 is 0 Å². The molecule has 0 spiro atoms. The van der Waals surface area contributed by atoms with Crippen LogP contribution in [0.3, 0.4) is 0 Å². The highest BCUT2D eigenvalue weighted by molar-refractivity contribution is 5.34. The number of nitriles is 1. The minimum Gasteiger partial charge on any atom is -0.492 e. The fourth-order valence-corrected chi connectivity index (χ4v) is 2.81. The number of likely N-dealkylation sites (N-methyl/N-ethyl adjacent to an activating group) is 1. The molecule has 0 heterocycles. The van der Waals surface area contributed by atoms with E-state index in [1.54, 1.807) is 12.1 Å². The van der Waals surface area contributed by atoms with Gasteiger partial charge in [-0.2, -0.15) is 5.26 Å². The molecule has 1 fully saturated rings. The van der Waals surface area contributed by atoms with Crippen molar-refractivity contribution < 1.29 is 4.74 Å². The second kappa shape index (κ2) is 7.91. The van der Waals surface area contributed by atoms with Gasteiger partial charge in [0.05, 0.1) is 11.6 Å². The van der Waals surface area contributed by atoms with Crippen LogP contribution in [0.25, 0.3) is 0 Å². The third kappa shape index (κ3) is 4.54. The van der Waals surface area contributed by atoms with Gasteiger partial charge in [-0.15, -0.1) is 0 Å². The maximum absolute atomic E-state index is 8.75. The summed E-state index contributed by atoms with van der Waals surface area (Å²) in [5, 5.41) is 8.75. The van der Waals surface area contributed by atoms with Gasteiger partial charge in [0, 0.05) is 12.6 Å². The Bertz CT molecular complexity index is 427. The molecule has 1 aliphatic carbocycles. The normalized spacial score (nSPS) is 16.6. The number of hydrogen-bond donors (Lipinski definition) is 0. The molecule has 3 heteroatoms. The van der Waals surface area contributed by atoms with E-state index in [9.17, 15) is 0 Å². The molecule has 0 radical (unpaired) electrons. The van der Waals surface area contributed by atoms with Crippen LogP contribution in [-0.2, 0) is 0 Å². The van der Waals surface area contributed by atoms with Crippen molar-refractivity contribution in [1.82, 2.24) is 4.90 Å². The van der Waals surface area contributed by atoms with Crippen molar-refractivity contribution in [2.45, 2.75) is 44.6 Å². The summed E-state index contributed by atoms with van der Waals surface area (Å²) in [6.45, 7) is 1.67. The zero-order valence-electron chi connectivity index (χ0n) is 12.3. The molecule has 0 atom stereocenters. The van der Waals surface area contributed by atoms with Crippen LogP contribution in [0.5, 0.6) is 5.75 Å². The first kappa shape index (κ1) is 14.9. The fraction of sp³-hybridized carbons (Fsp3) is 0.588. The molecular weight excluding hydrogens is 248 g/mol. The van der Waals surface area contributed by atoms with Gasteiger partial charge in [-0.1, -0.05) is 25.7 Å². The van der Waals surface area contributed by atoms with E-state index in [2.05, 4.69) is 18.0 Å². The number of ether oxygens (including phenoxy) is 1. The number of nitrogens with zero attached hydrogens (tertiary/aromatic N) is 2. The van der Waals surface area contributed by atoms with Gasteiger partial charge in [0.1, 0.15) is 12.4 Å². The van der Waals surface area contributed by atoms with Gasteiger partial charge >= 0.3 is 0 Å². The summed E-state index contributed by atoms with van der Waals surface area (Å²) in [4.78, 5) is 2.44. The first-order valence-electron chi connectivity index (χ1n) is 7.63. The summed E-state index contributed by atoms with van der Waals surface area (Å²) in [7, 11) is 2.21.